The van der Waals surface area contributed by atoms with E-state index in [9.17, 15) is 4.79 Å². The fraction of sp³-hybridized carbons (Fsp3) is 0.240. The fourth-order valence-corrected chi connectivity index (χ4v) is 3.42. The van der Waals surface area contributed by atoms with Gasteiger partial charge in [0, 0.05) is 11.8 Å². The van der Waals surface area contributed by atoms with Crippen LogP contribution in [0.4, 0.5) is 5.82 Å². The molecule has 32 heavy (non-hydrogen) atoms. The number of rotatable bonds is 7. The van der Waals surface area contributed by atoms with Crippen LogP contribution in [0.5, 0.6) is 5.75 Å². The van der Waals surface area contributed by atoms with Gasteiger partial charge in [0.05, 0.1) is 12.1 Å². The number of aryl methyl sites for hydroxylation is 4. The highest BCUT2D eigenvalue weighted by Crippen LogP contribution is 2.20. The lowest BCUT2D eigenvalue weighted by Gasteiger charge is -2.07. The van der Waals surface area contributed by atoms with Gasteiger partial charge in [-0.05, 0) is 45.4 Å². The molecule has 2 aromatic heterocycles. The Labute approximate surface area is 187 Å². The minimum absolute atomic E-state index is 0.183. The topological polar surface area (TPSA) is 82.2 Å². The van der Waals surface area contributed by atoms with E-state index < -0.39 is 0 Å². The summed E-state index contributed by atoms with van der Waals surface area (Å²) in [5.41, 5.74) is 5.25. The molecule has 7 nitrogen and oxygen atoms in total. The molecule has 0 atom stereocenters. The molecule has 7 heteroatoms. The van der Waals surface area contributed by atoms with Crippen LogP contribution in [0.1, 0.15) is 44.2 Å². The number of anilines is 1. The molecule has 164 valence electrons. The van der Waals surface area contributed by atoms with E-state index in [-0.39, 0.29) is 18.2 Å². The predicted molar refractivity (Wildman–Crippen MR) is 122 cm³/mol. The molecule has 1 amide bonds. The second-order valence-corrected chi connectivity index (χ2v) is 7.94. The lowest BCUT2D eigenvalue weighted by Crippen LogP contribution is -2.16. The predicted octanol–water partition coefficient (Wildman–Crippen LogP) is 4.98. The van der Waals surface area contributed by atoms with Crippen LogP contribution < -0.4 is 10.1 Å². The lowest BCUT2D eigenvalue weighted by molar-refractivity contribution is 0.101. The number of benzene rings is 2. The molecule has 0 unspecified atom stereocenters. The van der Waals surface area contributed by atoms with E-state index in [1.54, 1.807) is 6.92 Å². The zero-order valence-electron chi connectivity index (χ0n) is 18.7. The summed E-state index contributed by atoms with van der Waals surface area (Å²) in [6.07, 6.45) is 0. The molecule has 0 fully saturated rings. The van der Waals surface area contributed by atoms with Gasteiger partial charge in [0.25, 0.3) is 5.91 Å². The van der Waals surface area contributed by atoms with E-state index in [0.29, 0.717) is 29.4 Å². The molecule has 2 aromatic carbocycles. The summed E-state index contributed by atoms with van der Waals surface area (Å²) in [6, 6.07) is 17.8. The zero-order chi connectivity index (χ0) is 22.7. The number of aromatic nitrogens is 3. The summed E-state index contributed by atoms with van der Waals surface area (Å²) < 4.78 is 13.0. The van der Waals surface area contributed by atoms with Crippen molar-refractivity contribution in [3.8, 4) is 5.75 Å². The second kappa shape index (κ2) is 9.09. The van der Waals surface area contributed by atoms with Crippen molar-refractivity contribution in [2.24, 2.45) is 0 Å². The van der Waals surface area contributed by atoms with Gasteiger partial charge in [-0.2, -0.15) is 5.10 Å². The third-order valence-electron chi connectivity index (χ3n) is 5.24. The van der Waals surface area contributed by atoms with Crippen LogP contribution in [0.2, 0.25) is 0 Å². The SMILES string of the molecule is Cc1ccc(OCc2c(C(=O)Nc3cc(C)n(Cc4cccc(C)c4)n3)noc2C)cc1. The molecule has 0 saturated heterocycles. The molecule has 0 radical (unpaired) electrons. The number of nitrogens with zero attached hydrogens (tertiary/aromatic N) is 3. The van der Waals surface area contributed by atoms with Crippen molar-refractivity contribution >= 4 is 11.7 Å². The fourth-order valence-electron chi connectivity index (χ4n) is 3.42. The molecule has 0 aliphatic heterocycles. The molecule has 4 rings (SSSR count). The molecule has 0 aliphatic rings. The Morgan fingerprint density at radius 3 is 2.56 bits per heavy atom. The number of carbonyl (C=O) groups is 1. The highest BCUT2D eigenvalue weighted by Gasteiger charge is 2.21. The number of nitrogens with one attached hydrogen (secondary N) is 1. The molecular formula is C25H26N4O3. The summed E-state index contributed by atoms with van der Waals surface area (Å²) in [5.74, 6) is 1.34. The minimum atomic E-state index is -0.385. The van der Waals surface area contributed by atoms with E-state index in [4.69, 9.17) is 9.26 Å². The summed E-state index contributed by atoms with van der Waals surface area (Å²) in [5, 5.41) is 11.3. The average Bonchev–Trinajstić information content (AvgIpc) is 3.29. The monoisotopic (exact) mass is 430 g/mol. The van der Waals surface area contributed by atoms with Crippen LogP contribution in [0, 0.1) is 27.7 Å². The van der Waals surface area contributed by atoms with Crippen LogP contribution in [0.3, 0.4) is 0 Å². The van der Waals surface area contributed by atoms with Crippen molar-refractivity contribution in [3.63, 3.8) is 0 Å². The van der Waals surface area contributed by atoms with E-state index >= 15 is 0 Å². The first-order valence-electron chi connectivity index (χ1n) is 10.4. The minimum Gasteiger partial charge on any atom is -0.489 e. The first-order chi connectivity index (χ1) is 15.4. The molecule has 0 aliphatic carbocycles. The molecule has 1 N–H and O–H groups in total. The summed E-state index contributed by atoms with van der Waals surface area (Å²) >= 11 is 0. The van der Waals surface area contributed by atoms with E-state index in [1.165, 1.54) is 5.56 Å². The van der Waals surface area contributed by atoms with Crippen molar-refractivity contribution in [1.82, 2.24) is 14.9 Å². The zero-order valence-corrected chi connectivity index (χ0v) is 18.7. The Kier molecular flexibility index (Phi) is 6.07. The van der Waals surface area contributed by atoms with Gasteiger partial charge in [0.1, 0.15) is 18.1 Å². The quantitative estimate of drug-likeness (QED) is 0.447. The van der Waals surface area contributed by atoms with Gasteiger partial charge in [-0.25, -0.2) is 0 Å². The first kappa shape index (κ1) is 21.4. The number of hydrogen-bond acceptors (Lipinski definition) is 5. The van der Waals surface area contributed by atoms with Crippen LogP contribution >= 0.6 is 0 Å². The maximum atomic E-state index is 12.9. The Morgan fingerprint density at radius 1 is 1.03 bits per heavy atom. The third-order valence-corrected chi connectivity index (χ3v) is 5.24. The lowest BCUT2D eigenvalue weighted by atomic mass is 10.1. The largest absolute Gasteiger partial charge is 0.489 e. The van der Waals surface area contributed by atoms with Crippen LogP contribution in [-0.2, 0) is 13.2 Å². The van der Waals surface area contributed by atoms with Crippen LogP contribution in [0.15, 0.2) is 59.1 Å². The van der Waals surface area contributed by atoms with Crippen molar-refractivity contribution < 1.29 is 14.1 Å². The third kappa shape index (κ3) is 4.88. The average molecular weight is 431 g/mol. The molecule has 0 saturated carbocycles. The van der Waals surface area contributed by atoms with Crippen LogP contribution in [-0.4, -0.2) is 20.8 Å². The summed E-state index contributed by atoms with van der Waals surface area (Å²) in [6.45, 7) is 8.60. The molecule has 0 spiro atoms. The molecule has 4 aromatic rings. The highest BCUT2D eigenvalue weighted by molar-refractivity contribution is 6.03. The number of hydrogen-bond donors (Lipinski definition) is 1. The van der Waals surface area contributed by atoms with Crippen molar-refractivity contribution in [1.29, 1.82) is 0 Å². The van der Waals surface area contributed by atoms with Gasteiger partial charge in [0.15, 0.2) is 11.5 Å². The number of amides is 1. The van der Waals surface area contributed by atoms with Gasteiger partial charge in [0.2, 0.25) is 0 Å². The van der Waals surface area contributed by atoms with Crippen LogP contribution in [0.25, 0.3) is 0 Å². The maximum Gasteiger partial charge on any atom is 0.279 e. The Morgan fingerprint density at radius 2 is 1.81 bits per heavy atom. The number of carbonyl (C=O) groups excluding carboxylic acids is 1. The normalized spacial score (nSPS) is 10.9. The van der Waals surface area contributed by atoms with Gasteiger partial charge in [-0.3, -0.25) is 9.48 Å². The molecule has 0 bridgehead atoms. The van der Waals surface area contributed by atoms with Gasteiger partial charge < -0.3 is 14.6 Å². The number of ether oxygens (including phenoxy) is 1. The van der Waals surface area contributed by atoms with Gasteiger partial charge in [-0.15, -0.1) is 0 Å². The van der Waals surface area contributed by atoms with Gasteiger partial charge >= 0.3 is 0 Å². The molecular weight excluding hydrogens is 404 g/mol. The van der Waals surface area contributed by atoms with Crippen molar-refractivity contribution in [3.05, 3.63) is 94.0 Å². The van der Waals surface area contributed by atoms with E-state index in [0.717, 1.165) is 16.8 Å². The van der Waals surface area contributed by atoms with E-state index in [1.807, 2.05) is 54.9 Å². The highest BCUT2D eigenvalue weighted by atomic mass is 16.5. The summed E-state index contributed by atoms with van der Waals surface area (Å²) in [7, 11) is 0. The maximum absolute atomic E-state index is 12.9. The first-order valence-corrected chi connectivity index (χ1v) is 10.4. The Balaban J connectivity index is 1.46. The smallest absolute Gasteiger partial charge is 0.279 e. The van der Waals surface area contributed by atoms with Crippen molar-refractivity contribution in [2.45, 2.75) is 40.8 Å². The summed E-state index contributed by atoms with van der Waals surface area (Å²) in [4.78, 5) is 12.9. The molecule has 2 heterocycles. The standard InChI is InChI=1S/C25H26N4O3/c1-16-8-10-21(11-9-16)31-15-22-19(4)32-28-24(22)25(30)26-23-13-18(3)29(27-23)14-20-7-5-6-17(2)12-20/h5-13H,14-15H2,1-4H3,(H,26,27,30). The Bertz CT molecular complexity index is 1240. The van der Waals surface area contributed by atoms with Crippen molar-refractivity contribution in [2.75, 3.05) is 5.32 Å². The van der Waals surface area contributed by atoms with E-state index in [2.05, 4.69) is 40.7 Å². The second-order valence-electron chi connectivity index (χ2n) is 7.94. The van der Waals surface area contributed by atoms with Gasteiger partial charge in [-0.1, -0.05) is 52.7 Å². The Hall–Kier alpha value is -3.87.